The maximum atomic E-state index is 11.9. The lowest BCUT2D eigenvalue weighted by atomic mass is 10.2. The highest BCUT2D eigenvalue weighted by atomic mass is 79.9. The summed E-state index contributed by atoms with van der Waals surface area (Å²) in [6, 6.07) is 7.71. The molecule has 1 amide bonds. The third-order valence-corrected chi connectivity index (χ3v) is 5.51. The van der Waals surface area contributed by atoms with Crippen LogP contribution >= 0.6 is 43.2 Å². The molecule has 98 valence electrons. The fourth-order valence-corrected chi connectivity index (χ4v) is 3.28. The number of rotatable bonds is 3. The van der Waals surface area contributed by atoms with Crippen LogP contribution in [0.4, 0.5) is 5.69 Å². The lowest BCUT2D eigenvalue weighted by Crippen LogP contribution is -2.10. The van der Waals surface area contributed by atoms with Crippen molar-refractivity contribution < 1.29 is 14.7 Å². The predicted molar refractivity (Wildman–Crippen MR) is 81.1 cm³/mol. The third kappa shape index (κ3) is 3.43. The second-order valence-corrected chi connectivity index (χ2v) is 6.79. The number of amides is 1. The fourth-order valence-electron chi connectivity index (χ4n) is 1.35. The molecule has 0 unspecified atom stereocenters. The van der Waals surface area contributed by atoms with Crippen LogP contribution < -0.4 is 5.32 Å². The minimum atomic E-state index is -0.996. The summed E-state index contributed by atoms with van der Waals surface area (Å²) in [5.41, 5.74) is 0.732. The number of thiophene rings is 1. The third-order valence-electron chi connectivity index (χ3n) is 2.26. The zero-order chi connectivity index (χ0) is 14.0. The SMILES string of the molecule is O=C(O)c1ccc(NC(=O)c2cc(Br)c(Br)s2)cc1. The Hall–Kier alpha value is -1.18. The predicted octanol–water partition coefficient (Wildman–Crippen LogP) is 4.22. The fraction of sp³-hybridized carbons (Fsp3) is 0. The average molecular weight is 405 g/mol. The van der Waals surface area contributed by atoms with Crippen molar-refractivity contribution in [3.8, 4) is 0 Å². The minimum Gasteiger partial charge on any atom is -0.478 e. The molecule has 0 bridgehead atoms. The van der Waals surface area contributed by atoms with Crippen molar-refractivity contribution in [2.45, 2.75) is 0 Å². The zero-order valence-electron chi connectivity index (χ0n) is 9.31. The van der Waals surface area contributed by atoms with Crippen LogP contribution in [0.1, 0.15) is 20.0 Å². The number of halogens is 2. The van der Waals surface area contributed by atoms with Gasteiger partial charge in [0, 0.05) is 10.2 Å². The van der Waals surface area contributed by atoms with Crippen LogP contribution in [0, 0.1) is 0 Å². The van der Waals surface area contributed by atoms with Gasteiger partial charge in [-0.3, -0.25) is 4.79 Å². The van der Waals surface area contributed by atoms with Gasteiger partial charge in [0.25, 0.3) is 5.91 Å². The zero-order valence-corrected chi connectivity index (χ0v) is 13.3. The van der Waals surface area contributed by atoms with Gasteiger partial charge in [-0.05, 0) is 62.2 Å². The first kappa shape index (κ1) is 14.2. The molecule has 4 nitrogen and oxygen atoms in total. The molecule has 0 fully saturated rings. The van der Waals surface area contributed by atoms with Gasteiger partial charge in [-0.25, -0.2) is 4.79 Å². The summed E-state index contributed by atoms with van der Waals surface area (Å²) in [6.07, 6.45) is 0. The lowest BCUT2D eigenvalue weighted by Gasteiger charge is -2.03. The smallest absolute Gasteiger partial charge is 0.335 e. The molecule has 1 aromatic heterocycles. The number of benzene rings is 1. The monoisotopic (exact) mass is 403 g/mol. The van der Waals surface area contributed by atoms with E-state index < -0.39 is 5.97 Å². The molecule has 0 saturated carbocycles. The normalized spacial score (nSPS) is 10.2. The Labute approximate surface area is 129 Å². The Bertz CT molecular complexity index is 617. The molecule has 2 N–H and O–H groups in total. The number of carbonyl (C=O) groups excluding carboxylic acids is 1. The van der Waals surface area contributed by atoms with E-state index in [1.807, 2.05) is 0 Å². The molecule has 0 spiro atoms. The van der Waals surface area contributed by atoms with E-state index in [2.05, 4.69) is 37.2 Å². The van der Waals surface area contributed by atoms with E-state index in [1.54, 1.807) is 18.2 Å². The largest absolute Gasteiger partial charge is 0.478 e. The van der Waals surface area contributed by atoms with Crippen LogP contribution in [0.2, 0.25) is 0 Å². The van der Waals surface area contributed by atoms with Crippen LogP contribution in [0.15, 0.2) is 38.6 Å². The molecule has 2 aromatic rings. The van der Waals surface area contributed by atoms with Gasteiger partial charge in [0.1, 0.15) is 0 Å². The Morgan fingerprint density at radius 2 is 1.79 bits per heavy atom. The van der Waals surface area contributed by atoms with Crippen LogP contribution in [0.3, 0.4) is 0 Å². The maximum Gasteiger partial charge on any atom is 0.335 e. The maximum absolute atomic E-state index is 11.9. The molecule has 19 heavy (non-hydrogen) atoms. The summed E-state index contributed by atoms with van der Waals surface area (Å²) >= 11 is 7.95. The second kappa shape index (κ2) is 5.85. The van der Waals surface area contributed by atoms with E-state index in [0.717, 1.165) is 8.26 Å². The number of carboxylic acids is 1. The van der Waals surface area contributed by atoms with Crippen molar-refractivity contribution in [2.24, 2.45) is 0 Å². The highest BCUT2D eigenvalue weighted by Crippen LogP contribution is 2.32. The van der Waals surface area contributed by atoms with Gasteiger partial charge in [-0.1, -0.05) is 0 Å². The summed E-state index contributed by atoms with van der Waals surface area (Å²) in [6.45, 7) is 0. The molecular weight excluding hydrogens is 398 g/mol. The number of hydrogen-bond acceptors (Lipinski definition) is 3. The van der Waals surface area contributed by atoms with E-state index in [0.29, 0.717) is 10.6 Å². The van der Waals surface area contributed by atoms with Crippen molar-refractivity contribution in [3.63, 3.8) is 0 Å². The first-order valence-electron chi connectivity index (χ1n) is 5.07. The second-order valence-electron chi connectivity index (χ2n) is 3.57. The molecule has 0 aliphatic rings. The topological polar surface area (TPSA) is 66.4 Å². The van der Waals surface area contributed by atoms with Crippen LogP contribution in [0.25, 0.3) is 0 Å². The highest BCUT2D eigenvalue weighted by molar-refractivity contribution is 9.13. The van der Waals surface area contributed by atoms with Gasteiger partial charge in [0.05, 0.1) is 14.2 Å². The van der Waals surface area contributed by atoms with Gasteiger partial charge in [0.2, 0.25) is 0 Å². The molecule has 7 heteroatoms. The Balaban J connectivity index is 2.12. The Morgan fingerprint density at radius 1 is 1.16 bits per heavy atom. The molecule has 0 radical (unpaired) electrons. The van der Waals surface area contributed by atoms with E-state index in [1.165, 1.54) is 23.5 Å². The summed E-state index contributed by atoms with van der Waals surface area (Å²) in [4.78, 5) is 23.2. The van der Waals surface area contributed by atoms with Crippen LogP contribution in [-0.4, -0.2) is 17.0 Å². The van der Waals surface area contributed by atoms with Gasteiger partial charge in [-0.2, -0.15) is 0 Å². The number of anilines is 1. The van der Waals surface area contributed by atoms with E-state index >= 15 is 0 Å². The van der Waals surface area contributed by atoms with Gasteiger partial charge < -0.3 is 10.4 Å². The van der Waals surface area contributed by atoms with Gasteiger partial charge in [0.15, 0.2) is 0 Å². The molecule has 0 saturated heterocycles. The number of nitrogens with one attached hydrogen (secondary N) is 1. The van der Waals surface area contributed by atoms with Crippen molar-refractivity contribution in [3.05, 3.63) is 49.0 Å². The quantitative estimate of drug-likeness (QED) is 0.804. The molecule has 1 aromatic carbocycles. The molecule has 1 heterocycles. The van der Waals surface area contributed by atoms with Crippen LogP contribution in [-0.2, 0) is 0 Å². The van der Waals surface area contributed by atoms with Crippen molar-refractivity contribution in [2.75, 3.05) is 5.32 Å². The number of hydrogen-bond donors (Lipinski definition) is 2. The number of carboxylic acid groups (broad SMARTS) is 1. The van der Waals surface area contributed by atoms with Crippen molar-refractivity contribution >= 4 is 60.8 Å². The van der Waals surface area contributed by atoms with Crippen molar-refractivity contribution in [1.82, 2.24) is 0 Å². The average Bonchev–Trinajstić information content (AvgIpc) is 2.70. The molecule has 2 rings (SSSR count). The minimum absolute atomic E-state index is 0.180. The molecule has 0 aliphatic heterocycles. The molecular formula is C12H7Br2NO3S. The summed E-state index contributed by atoms with van der Waals surface area (Å²) in [5, 5.41) is 11.5. The van der Waals surface area contributed by atoms with Gasteiger partial charge in [-0.15, -0.1) is 11.3 Å². The first-order valence-corrected chi connectivity index (χ1v) is 7.47. The Kier molecular flexibility index (Phi) is 4.38. The van der Waals surface area contributed by atoms with Crippen molar-refractivity contribution in [1.29, 1.82) is 0 Å². The van der Waals surface area contributed by atoms with E-state index in [-0.39, 0.29) is 11.5 Å². The lowest BCUT2D eigenvalue weighted by molar-refractivity contribution is 0.0696. The summed E-state index contributed by atoms with van der Waals surface area (Å²) in [5.74, 6) is -1.23. The number of aromatic carboxylic acids is 1. The summed E-state index contributed by atoms with van der Waals surface area (Å²) < 4.78 is 1.67. The standard InChI is InChI=1S/C12H7Br2NO3S/c13-8-5-9(19-10(8)14)11(16)15-7-3-1-6(2-4-7)12(17)18/h1-5H,(H,15,16)(H,17,18). The Morgan fingerprint density at radius 3 is 2.26 bits per heavy atom. The van der Waals surface area contributed by atoms with Crippen LogP contribution in [0.5, 0.6) is 0 Å². The first-order chi connectivity index (χ1) is 8.97. The summed E-state index contributed by atoms with van der Waals surface area (Å²) in [7, 11) is 0. The van der Waals surface area contributed by atoms with E-state index in [4.69, 9.17) is 5.11 Å². The highest BCUT2D eigenvalue weighted by Gasteiger charge is 2.12. The van der Waals surface area contributed by atoms with Gasteiger partial charge >= 0.3 is 5.97 Å². The number of carbonyl (C=O) groups is 2. The molecule has 0 atom stereocenters. The molecule has 0 aliphatic carbocycles. The van der Waals surface area contributed by atoms with E-state index in [9.17, 15) is 9.59 Å².